The third-order valence-electron chi connectivity index (χ3n) is 8.73. The maximum atomic E-state index is 12.6. The summed E-state index contributed by atoms with van der Waals surface area (Å²) in [4.78, 5) is 45.9. The molecule has 56 heavy (non-hydrogen) atoms. The first kappa shape index (κ1) is 53.2. The van der Waals surface area contributed by atoms with Gasteiger partial charge in [-0.2, -0.15) is 0 Å². The van der Waals surface area contributed by atoms with Gasteiger partial charge in [-0.1, -0.05) is 152 Å². The molecule has 3 atom stereocenters. The van der Waals surface area contributed by atoms with Crippen LogP contribution < -0.4 is 5.73 Å². The number of hydrogen-bond donors (Lipinski definition) is 3. The van der Waals surface area contributed by atoms with Gasteiger partial charge in [-0.3, -0.25) is 23.4 Å². The highest BCUT2D eigenvalue weighted by Gasteiger charge is 2.28. The van der Waals surface area contributed by atoms with Crippen LogP contribution in [-0.4, -0.2) is 59.9 Å². The topological polar surface area (TPSA) is 172 Å². The summed E-state index contributed by atoms with van der Waals surface area (Å²) in [5.74, 6) is -2.48. The molecular formula is C44H76NO10P. The van der Waals surface area contributed by atoms with Gasteiger partial charge in [-0.15, -0.1) is 0 Å². The Balaban J connectivity index is 4.49. The van der Waals surface area contributed by atoms with E-state index >= 15 is 0 Å². The molecule has 12 heteroatoms. The Morgan fingerprint density at radius 1 is 0.554 bits per heavy atom. The smallest absolute Gasteiger partial charge is 0.472 e. The molecule has 1 unspecified atom stereocenters. The molecular weight excluding hydrogens is 733 g/mol. The molecule has 0 aliphatic heterocycles. The van der Waals surface area contributed by atoms with Crippen molar-refractivity contribution >= 4 is 25.7 Å². The minimum Gasteiger partial charge on any atom is -0.480 e. The van der Waals surface area contributed by atoms with E-state index in [4.69, 9.17) is 24.8 Å². The van der Waals surface area contributed by atoms with Crippen molar-refractivity contribution in [3.05, 3.63) is 60.8 Å². The number of carboxylic acids is 1. The number of unbranched alkanes of at least 4 members (excludes halogenated alkanes) is 15. The van der Waals surface area contributed by atoms with Crippen LogP contribution in [0, 0.1) is 0 Å². The zero-order valence-electron chi connectivity index (χ0n) is 34.7. The first-order valence-corrected chi connectivity index (χ1v) is 22.8. The zero-order valence-corrected chi connectivity index (χ0v) is 35.6. The van der Waals surface area contributed by atoms with Crippen molar-refractivity contribution in [2.75, 3.05) is 19.8 Å². The number of phosphoric ester groups is 1. The molecule has 0 aromatic heterocycles. The summed E-state index contributed by atoms with van der Waals surface area (Å²) < 4.78 is 32.6. The number of esters is 2. The minimum absolute atomic E-state index is 0.115. The highest BCUT2D eigenvalue weighted by Crippen LogP contribution is 2.43. The second-order valence-corrected chi connectivity index (χ2v) is 15.6. The van der Waals surface area contributed by atoms with E-state index in [1.165, 1.54) is 70.6 Å². The van der Waals surface area contributed by atoms with E-state index in [0.717, 1.165) is 57.8 Å². The Morgan fingerprint density at radius 2 is 1.02 bits per heavy atom. The number of ether oxygens (including phenoxy) is 2. The third-order valence-corrected chi connectivity index (χ3v) is 9.68. The van der Waals surface area contributed by atoms with E-state index in [-0.39, 0.29) is 19.4 Å². The van der Waals surface area contributed by atoms with Crippen molar-refractivity contribution in [1.82, 2.24) is 0 Å². The van der Waals surface area contributed by atoms with Gasteiger partial charge < -0.3 is 25.2 Å². The van der Waals surface area contributed by atoms with Crippen molar-refractivity contribution in [3.63, 3.8) is 0 Å². The molecule has 0 amide bonds. The second-order valence-electron chi connectivity index (χ2n) is 14.1. The Labute approximate surface area is 338 Å². The minimum atomic E-state index is -4.73. The van der Waals surface area contributed by atoms with Crippen LogP contribution >= 0.6 is 7.82 Å². The Morgan fingerprint density at radius 3 is 1.57 bits per heavy atom. The lowest BCUT2D eigenvalue weighted by Crippen LogP contribution is -2.34. The molecule has 0 saturated heterocycles. The van der Waals surface area contributed by atoms with Crippen LogP contribution in [0.15, 0.2) is 60.8 Å². The number of carboxylic acid groups (broad SMARTS) is 1. The van der Waals surface area contributed by atoms with Gasteiger partial charge in [0.25, 0.3) is 0 Å². The van der Waals surface area contributed by atoms with E-state index in [2.05, 4.69) is 73.1 Å². The fraction of sp³-hybridized carbons (Fsp3) is 0.705. The van der Waals surface area contributed by atoms with Crippen molar-refractivity contribution in [2.24, 2.45) is 5.73 Å². The lowest BCUT2D eigenvalue weighted by molar-refractivity contribution is -0.161. The molecule has 4 N–H and O–H groups in total. The van der Waals surface area contributed by atoms with Crippen molar-refractivity contribution in [3.8, 4) is 0 Å². The SMILES string of the molecule is CCC/C=C/C/C=C/C/C=C/C/C=C/CCCCCC(=O)O[C@H](COC(=O)CC/C=C/CCCCCCCCCCCCC)COP(=O)(O)OC[C@H](N)C(=O)O. The monoisotopic (exact) mass is 810 g/mol. The van der Waals surface area contributed by atoms with Gasteiger partial charge in [-0.25, -0.2) is 4.57 Å². The number of carbonyl (C=O) groups is 3. The molecule has 0 spiro atoms. The van der Waals surface area contributed by atoms with E-state index in [1.54, 1.807) is 0 Å². The normalized spacial score (nSPS) is 14.4. The van der Waals surface area contributed by atoms with Gasteiger partial charge in [0.1, 0.15) is 12.6 Å². The molecule has 0 fully saturated rings. The average Bonchev–Trinajstić information content (AvgIpc) is 3.17. The maximum absolute atomic E-state index is 12.6. The first-order chi connectivity index (χ1) is 27.1. The molecule has 0 heterocycles. The van der Waals surface area contributed by atoms with E-state index in [9.17, 15) is 23.8 Å². The van der Waals surface area contributed by atoms with Crippen molar-refractivity contribution < 1.29 is 47.5 Å². The summed E-state index contributed by atoms with van der Waals surface area (Å²) in [6, 6.07) is -1.53. The third kappa shape index (κ3) is 38.1. The van der Waals surface area contributed by atoms with Gasteiger partial charge in [0.15, 0.2) is 6.10 Å². The summed E-state index contributed by atoms with van der Waals surface area (Å²) in [5, 5.41) is 8.88. The van der Waals surface area contributed by atoms with Gasteiger partial charge in [0.2, 0.25) is 0 Å². The number of allylic oxidation sites excluding steroid dienone is 10. The summed E-state index contributed by atoms with van der Waals surface area (Å²) in [6.07, 6.45) is 44.4. The number of phosphoric acid groups is 1. The summed E-state index contributed by atoms with van der Waals surface area (Å²) in [6.45, 7) is 2.65. The first-order valence-electron chi connectivity index (χ1n) is 21.3. The molecule has 0 aliphatic rings. The molecule has 0 aromatic rings. The van der Waals surface area contributed by atoms with Crippen LogP contribution in [0.1, 0.15) is 168 Å². The highest BCUT2D eigenvalue weighted by molar-refractivity contribution is 7.47. The number of rotatable bonds is 39. The molecule has 0 aromatic carbocycles. The Kier molecular flexibility index (Phi) is 37.1. The highest BCUT2D eigenvalue weighted by atomic mass is 31.2. The number of aliphatic carboxylic acids is 1. The molecule has 322 valence electrons. The van der Waals surface area contributed by atoms with Crippen molar-refractivity contribution in [2.45, 2.75) is 180 Å². The molecule has 11 nitrogen and oxygen atoms in total. The van der Waals surface area contributed by atoms with E-state index < -0.39 is 51.1 Å². The van der Waals surface area contributed by atoms with Gasteiger partial charge in [0.05, 0.1) is 13.2 Å². The number of carbonyl (C=O) groups excluding carboxylic acids is 2. The lowest BCUT2D eigenvalue weighted by Gasteiger charge is -2.20. The quantitative estimate of drug-likeness (QED) is 0.0233. The van der Waals surface area contributed by atoms with Gasteiger partial charge >= 0.3 is 25.7 Å². The average molecular weight is 810 g/mol. The summed E-state index contributed by atoms with van der Waals surface area (Å²) >= 11 is 0. The van der Waals surface area contributed by atoms with E-state index in [1.807, 2.05) is 6.08 Å². The Hall–Kier alpha value is -2.82. The number of hydrogen-bond acceptors (Lipinski definition) is 9. The number of nitrogens with two attached hydrogens (primary N) is 1. The van der Waals surface area contributed by atoms with Crippen LogP contribution in [0.5, 0.6) is 0 Å². The predicted octanol–water partition coefficient (Wildman–Crippen LogP) is 11.2. The molecule has 0 saturated carbocycles. The largest absolute Gasteiger partial charge is 0.480 e. The lowest BCUT2D eigenvalue weighted by atomic mass is 10.1. The summed E-state index contributed by atoms with van der Waals surface area (Å²) in [5.41, 5.74) is 5.32. The van der Waals surface area contributed by atoms with Crippen LogP contribution in [0.4, 0.5) is 0 Å². The van der Waals surface area contributed by atoms with Gasteiger partial charge in [0, 0.05) is 12.8 Å². The maximum Gasteiger partial charge on any atom is 0.472 e. The van der Waals surface area contributed by atoms with Crippen LogP contribution in [0.3, 0.4) is 0 Å². The Bertz CT molecular complexity index is 1180. The van der Waals surface area contributed by atoms with E-state index in [0.29, 0.717) is 12.8 Å². The van der Waals surface area contributed by atoms with Crippen LogP contribution in [-0.2, 0) is 37.5 Å². The summed E-state index contributed by atoms with van der Waals surface area (Å²) in [7, 11) is -4.73. The molecule has 0 bridgehead atoms. The second kappa shape index (κ2) is 39.0. The standard InChI is InChI=1S/C44H76NO10P/c1-3-5-7-9-11-13-15-17-19-20-22-24-26-28-30-32-34-36-43(47)55-40(38-53-56(50,51)54-39-41(45)44(48)49)37-52-42(46)35-33-31-29-27-25-23-21-18-16-14-12-10-8-6-4-2/h7,9,13,15,19-20,24,26,29,31,40-41H,3-6,8,10-12,14,16-18,21-23,25,27-28,30,32-39,45H2,1-2H3,(H,48,49)(H,50,51)/b9-7+,15-13+,20-19+,26-24+,31-29+/t40-,41+/m1/s1. The molecule has 0 aliphatic carbocycles. The van der Waals surface area contributed by atoms with Crippen molar-refractivity contribution in [1.29, 1.82) is 0 Å². The van der Waals surface area contributed by atoms with Gasteiger partial charge in [-0.05, 0) is 64.2 Å². The fourth-order valence-corrected chi connectivity index (χ4v) is 6.14. The van der Waals surface area contributed by atoms with Crippen LogP contribution in [0.25, 0.3) is 0 Å². The molecule has 0 radical (unpaired) electrons. The van der Waals surface area contributed by atoms with Crippen LogP contribution in [0.2, 0.25) is 0 Å². The zero-order chi connectivity index (χ0) is 41.4. The molecule has 0 rings (SSSR count). The fourth-order valence-electron chi connectivity index (χ4n) is 5.37. The predicted molar refractivity (Wildman–Crippen MR) is 226 cm³/mol.